The van der Waals surface area contributed by atoms with E-state index in [-0.39, 0.29) is 11.8 Å². The van der Waals surface area contributed by atoms with Crippen molar-refractivity contribution in [2.24, 2.45) is 0 Å². The van der Waals surface area contributed by atoms with Gasteiger partial charge in [-0.1, -0.05) is 12.1 Å². The Morgan fingerprint density at radius 3 is 2.60 bits per heavy atom. The fourth-order valence-corrected chi connectivity index (χ4v) is 1.71. The van der Waals surface area contributed by atoms with E-state index in [4.69, 9.17) is 11.6 Å². The molecule has 78 valence electrons. The van der Waals surface area contributed by atoms with Crippen molar-refractivity contribution >= 4 is 11.6 Å². The largest absolute Gasteiger partial charge is 0.508 e. The SMILES string of the molecule is Oc1ccc([C@H](CCl)n2cncn2)cc1. The Morgan fingerprint density at radius 1 is 1.33 bits per heavy atom. The molecule has 1 aromatic carbocycles. The minimum atomic E-state index is -0.0465. The number of hydrogen-bond acceptors (Lipinski definition) is 3. The predicted molar refractivity (Wildman–Crippen MR) is 57.0 cm³/mol. The molecule has 1 heterocycles. The first-order chi connectivity index (χ1) is 7.31. The summed E-state index contributed by atoms with van der Waals surface area (Å²) in [5, 5.41) is 13.2. The number of aromatic nitrogens is 3. The maximum absolute atomic E-state index is 9.17. The summed E-state index contributed by atoms with van der Waals surface area (Å²) < 4.78 is 1.69. The summed E-state index contributed by atoms with van der Waals surface area (Å²) in [6.07, 6.45) is 3.10. The van der Waals surface area contributed by atoms with Crippen molar-refractivity contribution in [1.29, 1.82) is 0 Å². The second-order valence-corrected chi connectivity index (χ2v) is 3.45. The molecule has 0 saturated heterocycles. The third kappa shape index (κ3) is 2.10. The molecule has 0 unspecified atom stereocenters. The molecule has 5 heteroatoms. The predicted octanol–water partition coefficient (Wildman–Crippen LogP) is 1.81. The van der Waals surface area contributed by atoms with E-state index in [1.807, 2.05) is 12.1 Å². The first-order valence-corrected chi connectivity index (χ1v) is 5.03. The minimum Gasteiger partial charge on any atom is -0.508 e. The molecule has 0 aliphatic carbocycles. The molecule has 4 nitrogen and oxygen atoms in total. The van der Waals surface area contributed by atoms with Gasteiger partial charge in [0.15, 0.2) is 0 Å². The van der Waals surface area contributed by atoms with Gasteiger partial charge in [0.2, 0.25) is 0 Å². The van der Waals surface area contributed by atoms with Gasteiger partial charge in [-0.25, -0.2) is 9.67 Å². The van der Waals surface area contributed by atoms with Crippen LogP contribution in [-0.2, 0) is 0 Å². The molecular weight excluding hydrogens is 214 g/mol. The van der Waals surface area contributed by atoms with Crippen molar-refractivity contribution in [3.8, 4) is 5.75 Å². The summed E-state index contributed by atoms with van der Waals surface area (Å²) in [5.74, 6) is 0.652. The standard InChI is InChI=1S/C10H10ClN3O/c11-5-10(14-7-12-6-13-14)8-1-3-9(15)4-2-8/h1-4,6-7,10,15H,5H2/t10-/m0/s1. The van der Waals surface area contributed by atoms with Crippen LogP contribution in [0.5, 0.6) is 5.75 Å². The van der Waals surface area contributed by atoms with Gasteiger partial charge in [-0.3, -0.25) is 0 Å². The lowest BCUT2D eigenvalue weighted by atomic mass is 10.1. The first kappa shape index (κ1) is 9.98. The van der Waals surface area contributed by atoms with Crippen molar-refractivity contribution in [3.63, 3.8) is 0 Å². The van der Waals surface area contributed by atoms with Crippen LogP contribution >= 0.6 is 11.6 Å². The van der Waals surface area contributed by atoms with Crippen LogP contribution in [0.4, 0.5) is 0 Å². The third-order valence-electron chi connectivity index (χ3n) is 2.18. The van der Waals surface area contributed by atoms with Crippen molar-refractivity contribution in [1.82, 2.24) is 14.8 Å². The van der Waals surface area contributed by atoms with Crippen LogP contribution in [-0.4, -0.2) is 25.8 Å². The molecule has 15 heavy (non-hydrogen) atoms. The van der Waals surface area contributed by atoms with Gasteiger partial charge in [0.05, 0.1) is 6.04 Å². The highest BCUT2D eigenvalue weighted by Gasteiger charge is 2.12. The Bertz CT molecular complexity index is 413. The molecule has 0 amide bonds. The molecule has 1 aromatic heterocycles. The Morgan fingerprint density at radius 2 is 2.07 bits per heavy atom. The number of halogens is 1. The number of nitrogens with zero attached hydrogens (tertiary/aromatic N) is 3. The Hall–Kier alpha value is -1.55. The van der Waals surface area contributed by atoms with Crippen molar-refractivity contribution in [2.75, 3.05) is 5.88 Å². The lowest BCUT2D eigenvalue weighted by Gasteiger charge is -2.14. The van der Waals surface area contributed by atoms with Gasteiger partial charge >= 0.3 is 0 Å². The Labute approximate surface area is 92.1 Å². The van der Waals surface area contributed by atoms with E-state index in [0.717, 1.165) is 5.56 Å². The van der Waals surface area contributed by atoms with Gasteiger partial charge < -0.3 is 5.11 Å². The van der Waals surface area contributed by atoms with Crippen LogP contribution in [0.15, 0.2) is 36.9 Å². The molecule has 2 aromatic rings. The number of aromatic hydroxyl groups is 1. The second kappa shape index (κ2) is 4.31. The molecule has 0 radical (unpaired) electrons. The quantitative estimate of drug-likeness (QED) is 0.808. The van der Waals surface area contributed by atoms with Gasteiger partial charge in [0, 0.05) is 5.88 Å². The van der Waals surface area contributed by atoms with E-state index in [2.05, 4.69) is 10.1 Å². The van der Waals surface area contributed by atoms with Gasteiger partial charge in [0.25, 0.3) is 0 Å². The van der Waals surface area contributed by atoms with E-state index >= 15 is 0 Å². The molecule has 0 fully saturated rings. The Balaban J connectivity index is 2.31. The molecule has 0 bridgehead atoms. The average Bonchev–Trinajstić information content (AvgIpc) is 2.75. The van der Waals surface area contributed by atoms with Crippen LogP contribution in [0.1, 0.15) is 11.6 Å². The number of rotatable bonds is 3. The fraction of sp³-hybridized carbons (Fsp3) is 0.200. The van der Waals surface area contributed by atoms with Crippen LogP contribution in [0.3, 0.4) is 0 Å². The van der Waals surface area contributed by atoms with Crippen LogP contribution < -0.4 is 0 Å². The fourth-order valence-electron chi connectivity index (χ4n) is 1.39. The van der Waals surface area contributed by atoms with E-state index in [1.54, 1.807) is 23.1 Å². The third-order valence-corrected chi connectivity index (χ3v) is 2.47. The molecule has 0 saturated carbocycles. The monoisotopic (exact) mass is 223 g/mol. The molecule has 1 N–H and O–H groups in total. The normalized spacial score (nSPS) is 12.6. The van der Waals surface area contributed by atoms with Crippen LogP contribution in [0.2, 0.25) is 0 Å². The number of alkyl halides is 1. The van der Waals surface area contributed by atoms with Crippen molar-refractivity contribution < 1.29 is 5.11 Å². The second-order valence-electron chi connectivity index (χ2n) is 3.14. The molecule has 0 aliphatic rings. The number of benzene rings is 1. The molecule has 0 aliphatic heterocycles. The molecular formula is C10H10ClN3O. The Kier molecular flexibility index (Phi) is 2.87. The van der Waals surface area contributed by atoms with Gasteiger partial charge in [-0.05, 0) is 17.7 Å². The summed E-state index contributed by atoms with van der Waals surface area (Å²) in [7, 11) is 0. The van der Waals surface area contributed by atoms with E-state index in [0.29, 0.717) is 5.88 Å². The van der Waals surface area contributed by atoms with Crippen molar-refractivity contribution in [3.05, 3.63) is 42.5 Å². The summed E-state index contributed by atoms with van der Waals surface area (Å²) in [4.78, 5) is 3.88. The zero-order chi connectivity index (χ0) is 10.7. The minimum absolute atomic E-state index is 0.0465. The number of hydrogen-bond donors (Lipinski definition) is 1. The number of phenolic OH excluding ortho intramolecular Hbond substituents is 1. The van der Waals surface area contributed by atoms with E-state index < -0.39 is 0 Å². The molecule has 0 spiro atoms. The summed E-state index contributed by atoms with van der Waals surface area (Å²) in [5.41, 5.74) is 0.994. The number of phenols is 1. The lowest BCUT2D eigenvalue weighted by Crippen LogP contribution is -2.12. The molecule has 2 rings (SSSR count). The van der Waals surface area contributed by atoms with Crippen LogP contribution in [0.25, 0.3) is 0 Å². The maximum atomic E-state index is 9.17. The summed E-state index contributed by atoms with van der Waals surface area (Å²) >= 11 is 5.88. The highest BCUT2D eigenvalue weighted by Crippen LogP contribution is 2.20. The maximum Gasteiger partial charge on any atom is 0.137 e. The topological polar surface area (TPSA) is 50.9 Å². The van der Waals surface area contributed by atoms with Gasteiger partial charge in [0.1, 0.15) is 18.4 Å². The summed E-state index contributed by atoms with van der Waals surface area (Å²) in [6.45, 7) is 0. The van der Waals surface area contributed by atoms with Crippen molar-refractivity contribution in [2.45, 2.75) is 6.04 Å². The summed E-state index contributed by atoms with van der Waals surface area (Å²) in [6, 6.07) is 6.86. The zero-order valence-corrected chi connectivity index (χ0v) is 8.67. The van der Waals surface area contributed by atoms with Gasteiger partial charge in [-0.2, -0.15) is 5.10 Å². The zero-order valence-electron chi connectivity index (χ0n) is 7.92. The van der Waals surface area contributed by atoms with E-state index in [1.165, 1.54) is 6.33 Å². The van der Waals surface area contributed by atoms with E-state index in [9.17, 15) is 5.11 Å². The van der Waals surface area contributed by atoms with Gasteiger partial charge in [-0.15, -0.1) is 11.6 Å². The first-order valence-electron chi connectivity index (χ1n) is 4.50. The highest BCUT2D eigenvalue weighted by atomic mass is 35.5. The highest BCUT2D eigenvalue weighted by molar-refractivity contribution is 6.18. The lowest BCUT2D eigenvalue weighted by molar-refractivity contribution is 0.474. The smallest absolute Gasteiger partial charge is 0.137 e. The van der Waals surface area contributed by atoms with Crippen LogP contribution in [0, 0.1) is 0 Å². The molecule has 1 atom stereocenters. The average molecular weight is 224 g/mol.